The summed E-state index contributed by atoms with van der Waals surface area (Å²) in [5.41, 5.74) is 2.94. The number of pyridine rings is 1. The van der Waals surface area contributed by atoms with Gasteiger partial charge in [0.1, 0.15) is 24.8 Å². The molecule has 1 saturated heterocycles. The summed E-state index contributed by atoms with van der Waals surface area (Å²) < 4.78 is 24.1. The van der Waals surface area contributed by atoms with Crippen LogP contribution in [-0.4, -0.2) is 55.3 Å². The van der Waals surface area contributed by atoms with Crippen molar-refractivity contribution >= 4 is 16.8 Å². The van der Waals surface area contributed by atoms with Gasteiger partial charge in [-0.1, -0.05) is 12.1 Å². The number of rotatable bonds is 9. The number of hydrogen-bond acceptors (Lipinski definition) is 5. The van der Waals surface area contributed by atoms with Crippen molar-refractivity contribution in [3.8, 4) is 11.5 Å². The summed E-state index contributed by atoms with van der Waals surface area (Å²) in [5, 5.41) is 4.32. The van der Waals surface area contributed by atoms with E-state index < -0.39 is 5.54 Å². The predicted molar refractivity (Wildman–Crippen MR) is 129 cm³/mol. The van der Waals surface area contributed by atoms with Crippen LogP contribution in [0.2, 0.25) is 0 Å². The second-order valence-corrected chi connectivity index (χ2v) is 9.24. The first kappa shape index (κ1) is 22.6. The molecule has 1 aromatic heterocycles. The summed E-state index contributed by atoms with van der Waals surface area (Å²) in [6, 6.07) is 13.7. The van der Waals surface area contributed by atoms with Crippen molar-refractivity contribution in [3.05, 3.63) is 65.4 Å². The molecule has 2 heterocycles. The molecule has 1 aliphatic heterocycles. The largest absolute Gasteiger partial charge is 0.497 e. The molecule has 1 N–H and O–H groups in total. The van der Waals surface area contributed by atoms with Gasteiger partial charge in [0.05, 0.1) is 18.2 Å². The summed E-state index contributed by atoms with van der Waals surface area (Å²) >= 11 is 0. The van der Waals surface area contributed by atoms with Gasteiger partial charge in [0.15, 0.2) is 0 Å². The lowest BCUT2D eigenvalue weighted by atomic mass is 9.97. The molecule has 6 nitrogen and oxygen atoms in total. The van der Waals surface area contributed by atoms with Crippen LogP contribution in [0.25, 0.3) is 10.9 Å². The quantitative estimate of drug-likeness (QED) is 0.510. The highest BCUT2D eigenvalue weighted by Crippen LogP contribution is 2.49. The Bertz CT molecular complexity index is 1210. The molecule has 5 rings (SSSR count). The highest BCUT2D eigenvalue weighted by molar-refractivity contribution is 5.97. The van der Waals surface area contributed by atoms with Gasteiger partial charge >= 0.3 is 0 Å². The van der Waals surface area contributed by atoms with Crippen LogP contribution in [0.1, 0.15) is 40.7 Å². The number of aryl methyl sites for hydroxylation is 1. The highest BCUT2D eigenvalue weighted by Gasteiger charge is 2.47. The van der Waals surface area contributed by atoms with Gasteiger partial charge < -0.3 is 14.8 Å². The third-order valence-corrected chi connectivity index (χ3v) is 7.08. The van der Waals surface area contributed by atoms with Crippen molar-refractivity contribution in [2.24, 2.45) is 0 Å². The molecule has 0 bridgehead atoms. The Morgan fingerprint density at radius 2 is 2.09 bits per heavy atom. The van der Waals surface area contributed by atoms with E-state index in [1.807, 2.05) is 49.4 Å². The minimum Gasteiger partial charge on any atom is -0.497 e. The normalized spacial score (nSPS) is 18.9. The Labute approximate surface area is 199 Å². The van der Waals surface area contributed by atoms with Crippen molar-refractivity contribution in [3.63, 3.8) is 0 Å². The van der Waals surface area contributed by atoms with Crippen molar-refractivity contribution in [2.75, 3.05) is 33.5 Å². The molecular formula is C27H30FN3O3. The van der Waals surface area contributed by atoms with Crippen LogP contribution in [-0.2, 0) is 5.54 Å². The van der Waals surface area contributed by atoms with E-state index in [0.717, 1.165) is 53.6 Å². The van der Waals surface area contributed by atoms with Crippen molar-refractivity contribution < 1.29 is 18.7 Å². The van der Waals surface area contributed by atoms with Gasteiger partial charge in [0.2, 0.25) is 0 Å². The average molecular weight is 464 g/mol. The molecule has 34 heavy (non-hydrogen) atoms. The van der Waals surface area contributed by atoms with Crippen LogP contribution in [0.4, 0.5) is 4.39 Å². The summed E-state index contributed by atoms with van der Waals surface area (Å²) in [4.78, 5) is 20.0. The number of ether oxygens (including phenoxy) is 2. The topological polar surface area (TPSA) is 63.7 Å². The number of halogens is 1. The van der Waals surface area contributed by atoms with Crippen LogP contribution in [0.5, 0.6) is 11.5 Å². The van der Waals surface area contributed by atoms with E-state index in [2.05, 4.69) is 15.2 Å². The number of fused-ring (bicyclic) bond motifs is 1. The van der Waals surface area contributed by atoms with E-state index in [0.29, 0.717) is 24.5 Å². The van der Waals surface area contributed by atoms with E-state index in [9.17, 15) is 9.18 Å². The fourth-order valence-corrected chi connectivity index (χ4v) is 4.76. The SMILES string of the molecule is COc1cc(C2(NC(=O)c3cc(OCC4CCN4CCF)ccc3C)CC2)c2cccnc2c1. The number of hydrogen-bond donors (Lipinski definition) is 1. The van der Waals surface area contributed by atoms with E-state index in [1.165, 1.54) is 0 Å². The Hall–Kier alpha value is -3.19. The van der Waals surface area contributed by atoms with Gasteiger partial charge in [-0.25, -0.2) is 4.39 Å². The zero-order chi connectivity index (χ0) is 23.7. The van der Waals surface area contributed by atoms with E-state index in [-0.39, 0.29) is 18.6 Å². The summed E-state index contributed by atoms with van der Waals surface area (Å²) in [7, 11) is 1.64. The lowest BCUT2D eigenvalue weighted by Gasteiger charge is -2.40. The van der Waals surface area contributed by atoms with Crippen molar-refractivity contribution in [2.45, 2.75) is 37.8 Å². The van der Waals surface area contributed by atoms with Crippen LogP contribution in [0.15, 0.2) is 48.7 Å². The van der Waals surface area contributed by atoms with Crippen LogP contribution < -0.4 is 14.8 Å². The minimum atomic E-state index is -0.436. The molecule has 1 saturated carbocycles. The lowest BCUT2D eigenvalue weighted by Crippen LogP contribution is -2.51. The first-order chi connectivity index (χ1) is 16.5. The number of nitrogens with zero attached hydrogens (tertiary/aromatic N) is 2. The maximum absolute atomic E-state index is 13.4. The Morgan fingerprint density at radius 3 is 2.79 bits per heavy atom. The first-order valence-electron chi connectivity index (χ1n) is 11.8. The van der Waals surface area contributed by atoms with Gasteiger partial charge in [-0.15, -0.1) is 0 Å². The number of benzene rings is 2. The monoisotopic (exact) mass is 463 g/mol. The fraction of sp³-hybridized carbons (Fsp3) is 0.407. The molecule has 1 atom stereocenters. The standard InChI is InChI=1S/C27H30FN3O3/c1-18-5-6-20(34-17-19-7-12-31(19)13-10-28)14-23(18)26(32)30-27(8-9-27)24-15-21(33-2)16-25-22(24)4-3-11-29-25/h3-6,11,14-16,19H,7-10,12-13,17H2,1-2H3,(H,30,32). The molecule has 178 valence electrons. The third-order valence-electron chi connectivity index (χ3n) is 7.08. The molecule has 1 unspecified atom stereocenters. The first-order valence-corrected chi connectivity index (χ1v) is 11.8. The lowest BCUT2D eigenvalue weighted by molar-refractivity contribution is 0.0457. The number of nitrogens with one attached hydrogen (secondary N) is 1. The molecular weight excluding hydrogens is 433 g/mol. The van der Waals surface area contributed by atoms with Crippen molar-refractivity contribution in [1.29, 1.82) is 0 Å². The number of carbonyl (C=O) groups excluding carboxylic acids is 1. The number of aromatic nitrogens is 1. The van der Waals surface area contributed by atoms with Gasteiger partial charge in [0, 0.05) is 42.3 Å². The van der Waals surface area contributed by atoms with Crippen LogP contribution >= 0.6 is 0 Å². The van der Waals surface area contributed by atoms with Gasteiger partial charge in [0.25, 0.3) is 5.91 Å². The molecule has 1 aliphatic carbocycles. The minimum absolute atomic E-state index is 0.122. The molecule has 0 spiro atoms. The summed E-state index contributed by atoms with van der Waals surface area (Å²) in [6.45, 7) is 3.45. The Balaban J connectivity index is 1.35. The molecule has 2 aromatic carbocycles. The Morgan fingerprint density at radius 1 is 1.24 bits per heavy atom. The smallest absolute Gasteiger partial charge is 0.252 e. The number of likely N-dealkylation sites (tertiary alicyclic amines) is 1. The summed E-state index contributed by atoms with van der Waals surface area (Å²) in [5.74, 6) is 1.26. The van der Waals surface area contributed by atoms with Gasteiger partial charge in [-0.3, -0.25) is 14.7 Å². The molecule has 7 heteroatoms. The Kier molecular flexibility index (Phi) is 6.13. The zero-order valence-electron chi connectivity index (χ0n) is 19.6. The predicted octanol–water partition coefficient (Wildman–Crippen LogP) is 4.39. The average Bonchev–Trinajstić information content (AvgIpc) is 3.62. The fourth-order valence-electron chi connectivity index (χ4n) is 4.76. The van der Waals surface area contributed by atoms with Crippen LogP contribution in [0, 0.1) is 6.92 Å². The molecule has 0 radical (unpaired) electrons. The zero-order valence-corrected chi connectivity index (χ0v) is 19.6. The number of alkyl halides is 1. The molecule has 2 fully saturated rings. The van der Waals surface area contributed by atoms with Gasteiger partial charge in [-0.05, 0) is 61.6 Å². The number of carbonyl (C=O) groups is 1. The second kappa shape index (κ2) is 9.22. The maximum Gasteiger partial charge on any atom is 0.252 e. The van der Waals surface area contributed by atoms with Crippen molar-refractivity contribution in [1.82, 2.24) is 15.2 Å². The van der Waals surface area contributed by atoms with E-state index >= 15 is 0 Å². The number of amides is 1. The third kappa shape index (κ3) is 4.32. The molecule has 1 amide bonds. The van der Waals surface area contributed by atoms with Gasteiger partial charge in [-0.2, -0.15) is 0 Å². The van der Waals surface area contributed by atoms with E-state index in [1.54, 1.807) is 13.3 Å². The maximum atomic E-state index is 13.4. The molecule has 3 aromatic rings. The summed E-state index contributed by atoms with van der Waals surface area (Å²) in [6.07, 6.45) is 4.48. The van der Waals surface area contributed by atoms with E-state index in [4.69, 9.17) is 9.47 Å². The highest BCUT2D eigenvalue weighted by atomic mass is 19.1. The molecule has 2 aliphatic rings. The number of methoxy groups -OCH3 is 1. The van der Waals surface area contributed by atoms with Crippen LogP contribution in [0.3, 0.4) is 0 Å². The second-order valence-electron chi connectivity index (χ2n) is 9.24.